The zero-order chi connectivity index (χ0) is 14.4. The predicted molar refractivity (Wildman–Crippen MR) is 76.3 cm³/mol. The summed E-state index contributed by atoms with van der Waals surface area (Å²) in [5, 5.41) is 8.97. The summed E-state index contributed by atoms with van der Waals surface area (Å²) >= 11 is 0. The Balaban J connectivity index is 1.79. The second kappa shape index (κ2) is 7.26. The molecule has 5 nitrogen and oxygen atoms in total. The largest absolute Gasteiger partial charge is 0.445 e. The Morgan fingerprint density at radius 2 is 2.10 bits per heavy atom. The fourth-order valence-electron chi connectivity index (χ4n) is 2.43. The lowest BCUT2D eigenvalue weighted by Gasteiger charge is -2.38. The second-order valence-corrected chi connectivity index (χ2v) is 5.09. The molecule has 110 valence electrons. The highest BCUT2D eigenvalue weighted by atomic mass is 16.6. The highest BCUT2D eigenvalue weighted by Gasteiger charge is 2.26. The molecule has 1 aromatic carbocycles. The van der Waals surface area contributed by atoms with Crippen molar-refractivity contribution in [1.29, 1.82) is 0 Å². The maximum atomic E-state index is 12.0. The van der Waals surface area contributed by atoms with Gasteiger partial charge in [0.25, 0.3) is 0 Å². The summed E-state index contributed by atoms with van der Waals surface area (Å²) in [6.45, 7) is 5.27. The summed E-state index contributed by atoms with van der Waals surface area (Å²) in [5.41, 5.74) is 0.993. The van der Waals surface area contributed by atoms with E-state index in [4.69, 9.17) is 9.84 Å². The molecule has 1 atom stereocenters. The number of carbonyl (C=O) groups is 1. The molecule has 0 bridgehead atoms. The van der Waals surface area contributed by atoms with Crippen LogP contribution in [0.1, 0.15) is 12.5 Å². The molecule has 0 radical (unpaired) electrons. The number of carbonyl (C=O) groups excluding carboxylic acids is 1. The Kier molecular flexibility index (Phi) is 5.38. The number of hydrogen-bond donors (Lipinski definition) is 1. The van der Waals surface area contributed by atoms with E-state index in [1.165, 1.54) is 0 Å². The van der Waals surface area contributed by atoms with Gasteiger partial charge in [-0.15, -0.1) is 0 Å². The van der Waals surface area contributed by atoms with Crippen LogP contribution in [0.3, 0.4) is 0 Å². The van der Waals surface area contributed by atoms with Crippen molar-refractivity contribution in [3.05, 3.63) is 35.9 Å². The summed E-state index contributed by atoms with van der Waals surface area (Å²) in [6.07, 6.45) is -0.260. The van der Waals surface area contributed by atoms with E-state index in [0.29, 0.717) is 26.2 Å². The van der Waals surface area contributed by atoms with Crippen LogP contribution in [0.15, 0.2) is 30.3 Å². The van der Waals surface area contributed by atoms with Crippen molar-refractivity contribution < 1.29 is 14.6 Å². The SMILES string of the molecule is C[C@H]1CN(C(=O)OCc2ccccc2)CCN1CCO. The molecule has 5 heteroatoms. The monoisotopic (exact) mass is 278 g/mol. The van der Waals surface area contributed by atoms with Crippen molar-refractivity contribution in [3.63, 3.8) is 0 Å². The molecule has 0 aromatic heterocycles. The molecule has 1 N–H and O–H groups in total. The first kappa shape index (κ1) is 14.8. The summed E-state index contributed by atoms with van der Waals surface area (Å²) < 4.78 is 5.33. The molecule has 0 saturated carbocycles. The van der Waals surface area contributed by atoms with Gasteiger partial charge < -0.3 is 14.7 Å². The van der Waals surface area contributed by atoms with Crippen molar-refractivity contribution in [2.24, 2.45) is 0 Å². The van der Waals surface area contributed by atoms with Crippen LogP contribution >= 0.6 is 0 Å². The molecule has 0 aliphatic carbocycles. The average Bonchev–Trinajstić information content (AvgIpc) is 2.48. The van der Waals surface area contributed by atoms with E-state index in [9.17, 15) is 4.79 Å². The maximum Gasteiger partial charge on any atom is 0.410 e. The number of hydrogen-bond acceptors (Lipinski definition) is 4. The standard InChI is InChI=1S/C15H22N2O3/c1-13-11-17(8-7-16(13)9-10-18)15(19)20-12-14-5-3-2-4-6-14/h2-6,13,18H,7-12H2,1H3/t13-/m0/s1. The van der Waals surface area contributed by atoms with E-state index in [0.717, 1.165) is 12.1 Å². The van der Waals surface area contributed by atoms with Gasteiger partial charge in [0.15, 0.2) is 0 Å². The van der Waals surface area contributed by atoms with Crippen molar-refractivity contribution in [2.45, 2.75) is 19.6 Å². The Bertz CT molecular complexity index is 424. The van der Waals surface area contributed by atoms with E-state index < -0.39 is 0 Å². The number of nitrogens with zero attached hydrogens (tertiary/aromatic N) is 2. The molecule has 1 saturated heterocycles. The van der Waals surface area contributed by atoms with Gasteiger partial charge in [-0.25, -0.2) is 4.79 Å². The first-order valence-electron chi connectivity index (χ1n) is 7.01. The highest BCUT2D eigenvalue weighted by molar-refractivity contribution is 5.67. The molecule has 0 unspecified atom stereocenters. The predicted octanol–water partition coefficient (Wildman–Crippen LogP) is 1.32. The van der Waals surface area contributed by atoms with Gasteiger partial charge in [-0.1, -0.05) is 30.3 Å². The van der Waals surface area contributed by atoms with Crippen molar-refractivity contribution in [2.75, 3.05) is 32.8 Å². The fourth-order valence-corrected chi connectivity index (χ4v) is 2.43. The van der Waals surface area contributed by atoms with Gasteiger partial charge in [-0.3, -0.25) is 4.90 Å². The van der Waals surface area contributed by atoms with E-state index in [-0.39, 0.29) is 18.7 Å². The minimum Gasteiger partial charge on any atom is -0.445 e. The average molecular weight is 278 g/mol. The molecule has 0 spiro atoms. The number of piperazine rings is 1. The van der Waals surface area contributed by atoms with Gasteiger partial charge in [-0.05, 0) is 12.5 Å². The Morgan fingerprint density at radius 1 is 1.35 bits per heavy atom. The molecular formula is C15H22N2O3. The van der Waals surface area contributed by atoms with Gasteiger partial charge in [-0.2, -0.15) is 0 Å². The zero-order valence-electron chi connectivity index (χ0n) is 11.9. The summed E-state index contributed by atoms with van der Waals surface area (Å²) in [7, 11) is 0. The Hall–Kier alpha value is -1.59. The number of ether oxygens (including phenoxy) is 1. The normalized spacial score (nSPS) is 19.9. The van der Waals surface area contributed by atoms with E-state index in [1.54, 1.807) is 4.90 Å². The maximum absolute atomic E-state index is 12.0. The number of β-amino-alcohol motifs (C(OH)–C–C–N with tert-alkyl or cyclic N) is 1. The third-order valence-electron chi connectivity index (χ3n) is 3.62. The van der Waals surface area contributed by atoms with Crippen LogP contribution in [0.5, 0.6) is 0 Å². The molecule has 1 aromatic rings. The molecule has 1 fully saturated rings. The molecule has 1 aliphatic heterocycles. The Labute approximate surface area is 119 Å². The highest BCUT2D eigenvalue weighted by Crippen LogP contribution is 2.11. The zero-order valence-corrected chi connectivity index (χ0v) is 11.9. The first-order valence-corrected chi connectivity index (χ1v) is 7.01. The van der Waals surface area contributed by atoms with Gasteiger partial charge >= 0.3 is 6.09 Å². The minimum absolute atomic E-state index is 0.156. The van der Waals surface area contributed by atoms with Crippen LogP contribution in [0.2, 0.25) is 0 Å². The lowest BCUT2D eigenvalue weighted by atomic mass is 10.2. The smallest absolute Gasteiger partial charge is 0.410 e. The topological polar surface area (TPSA) is 53.0 Å². The second-order valence-electron chi connectivity index (χ2n) is 5.09. The summed E-state index contributed by atoms with van der Waals surface area (Å²) in [5.74, 6) is 0. The Morgan fingerprint density at radius 3 is 2.75 bits per heavy atom. The van der Waals surface area contributed by atoms with Crippen LogP contribution < -0.4 is 0 Å². The van der Waals surface area contributed by atoms with Gasteiger partial charge in [0.2, 0.25) is 0 Å². The minimum atomic E-state index is -0.260. The van der Waals surface area contributed by atoms with Crippen LogP contribution in [-0.4, -0.2) is 59.8 Å². The number of benzene rings is 1. The van der Waals surface area contributed by atoms with Crippen LogP contribution in [-0.2, 0) is 11.3 Å². The van der Waals surface area contributed by atoms with E-state index in [1.807, 2.05) is 30.3 Å². The first-order chi connectivity index (χ1) is 9.70. The van der Waals surface area contributed by atoms with Crippen LogP contribution in [0.4, 0.5) is 4.79 Å². The third-order valence-corrected chi connectivity index (χ3v) is 3.62. The summed E-state index contributed by atoms with van der Waals surface area (Å²) in [6, 6.07) is 9.93. The number of aliphatic hydroxyl groups excluding tert-OH is 1. The fraction of sp³-hybridized carbons (Fsp3) is 0.533. The molecule has 1 amide bonds. The quantitative estimate of drug-likeness (QED) is 0.902. The van der Waals surface area contributed by atoms with E-state index in [2.05, 4.69) is 11.8 Å². The third kappa shape index (κ3) is 3.95. The van der Waals surface area contributed by atoms with E-state index >= 15 is 0 Å². The number of rotatable bonds is 4. The number of amides is 1. The number of aliphatic hydroxyl groups is 1. The van der Waals surface area contributed by atoms with Crippen molar-refractivity contribution in [3.8, 4) is 0 Å². The molecule has 1 aliphatic rings. The molecular weight excluding hydrogens is 256 g/mol. The van der Waals surface area contributed by atoms with Gasteiger partial charge in [0, 0.05) is 32.2 Å². The van der Waals surface area contributed by atoms with Gasteiger partial charge in [0.05, 0.1) is 6.61 Å². The molecule has 2 rings (SSSR count). The summed E-state index contributed by atoms with van der Waals surface area (Å²) in [4.78, 5) is 15.9. The molecule has 1 heterocycles. The molecule has 20 heavy (non-hydrogen) atoms. The van der Waals surface area contributed by atoms with Crippen LogP contribution in [0.25, 0.3) is 0 Å². The van der Waals surface area contributed by atoms with Crippen LogP contribution in [0, 0.1) is 0 Å². The lowest BCUT2D eigenvalue weighted by molar-refractivity contribution is 0.0454. The van der Waals surface area contributed by atoms with Crippen molar-refractivity contribution in [1.82, 2.24) is 9.80 Å². The van der Waals surface area contributed by atoms with Gasteiger partial charge in [0.1, 0.15) is 6.61 Å². The lowest BCUT2D eigenvalue weighted by Crippen LogP contribution is -2.54. The van der Waals surface area contributed by atoms with Crippen molar-refractivity contribution >= 4 is 6.09 Å².